The Labute approximate surface area is 114 Å². The molecule has 1 aliphatic carbocycles. The highest BCUT2D eigenvalue weighted by atomic mass is 35.5. The number of carbonyl (C=O) groups excluding carboxylic acids is 2. The molecule has 0 bridgehead atoms. The number of primary amides is 1. The van der Waals surface area contributed by atoms with Gasteiger partial charge in [-0.05, 0) is 26.2 Å². The van der Waals surface area contributed by atoms with E-state index in [-0.39, 0.29) is 24.4 Å². The third-order valence-electron chi connectivity index (χ3n) is 3.38. The Morgan fingerprint density at radius 1 is 1.28 bits per heavy atom. The Morgan fingerprint density at radius 2 is 1.83 bits per heavy atom. The zero-order valence-corrected chi connectivity index (χ0v) is 11.7. The van der Waals surface area contributed by atoms with Crippen molar-refractivity contribution < 1.29 is 9.59 Å². The maximum absolute atomic E-state index is 11.8. The molecule has 2 amide bonds. The second kappa shape index (κ2) is 7.59. The summed E-state index contributed by atoms with van der Waals surface area (Å²) in [5.74, 6) is -0.533. The first-order valence-electron chi connectivity index (χ1n) is 6.33. The van der Waals surface area contributed by atoms with E-state index in [0.29, 0.717) is 25.7 Å². The van der Waals surface area contributed by atoms with Gasteiger partial charge in [-0.2, -0.15) is 0 Å². The lowest BCUT2D eigenvalue weighted by Gasteiger charge is -2.35. The average molecular weight is 278 g/mol. The Morgan fingerprint density at radius 3 is 2.28 bits per heavy atom. The van der Waals surface area contributed by atoms with E-state index in [2.05, 4.69) is 5.32 Å². The van der Waals surface area contributed by atoms with E-state index in [1.54, 1.807) is 0 Å². The van der Waals surface area contributed by atoms with Crippen molar-refractivity contribution >= 4 is 24.2 Å². The SMILES string of the molecule is CC(N)CCC(=O)NC1(C(N)=O)CCCCC1.Cl. The zero-order valence-electron chi connectivity index (χ0n) is 10.9. The molecule has 0 aromatic rings. The highest BCUT2D eigenvalue weighted by molar-refractivity contribution is 5.90. The molecular formula is C12H24ClN3O2. The van der Waals surface area contributed by atoms with Gasteiger partial charge in [0, 0.05) is 12.5 Å². The largest absolute Gasteiger partial charge is 0.368 e. The summed E-state index contributed by atoms with van der Waals surface area (Å²) in [6.45, 7) is 1.86. The second-order valence-corrected chi connectivity index (χ2v) is 5.07. The van der Waals surface area contributed by atoms with Gasteiger partial charge >= 0.3 is 0 Å². The van der Waals surface area contributed by atoms with E-state index in [1.165, 1.54) is 0 Å². The minimum Gasteiger partial charge on any atom is -0.368 e. The molecule has 1 aliphatic rings. The summed E-state index contributed by atoms with van der Waals surface area (Å²) >= 11 is 0. The van der Waals surface area contributed by atoms with Gasteiger partial charge in [0.1, 0.15) is 5.54 Å². The molecule has 0 radical (unpaired) electrons. The molecule has 1 fully saturated rings. The summed E-state index contributed by atoms with van der Waals surface area (Å²) in [7, 11) is 0. The Hall–Kier alpha value is -0.810. The van der Waals surface area contributed by atoms with Crippen LogP contribution in [0.5, 0.6) is 0 Å². The molecular weight excluding hydrogens is 254 g/mol. The molecule has 1 atom stereocenters. The number of nitrogens with two attached hydrogens (primary N) is 2. The van der Waals surface area contributed by atoms with Gasteiger partial charge in [0.2, 0.25) is 11.8 Å². The molecule has 1 saturated carbocycles. The maximum atomic E-state index is 11.8. The lowest BCUT2D eigenvalue weighted by Crippen LogP contribution is -2.58. The first kappa shape index (κ1) is 17.2. The van der Waals surface area contributed by atoms with E-state index in [9.17, 15) is 9.59 Å². The van der Waals surface area contributed by atoms with Gasteiger partial charge in [-0.3, -0.25) is 9.59 Å². The first-order valence-corrected chi connectivity index (χ1v) is 6.33. The monoisotopic (exact) mass is 277 g/mol. The first-order chi connectivity index (χ1) is 7.96. The second-order valence-electron chi connectivity index (χ2n) is 5.07. The highest BCUT2D eigenvalue weighted by Crippen LogP contribution is 2.28. The average Bonchev–Trinajstić information content (AvgIpc) is 2.27. The number of halogens is 1. The fourth-order valence-corrected chi connectivity index (χ4v) is 2.28. The Bertz CT molecular complexity index is 289. The molecule has 18 heavy (non-hydrogen) atoms. The van der Waals surface area contributed by atoms with E-state index in [0.717, 1.165) is 19.3 Å². The number of rotatable bonds is 5. The van der Waals surface area contributed by atoms with E-state index < -0.39 is 11.4 Å². The molecule has 0 saturated heterocycles. The van der Waals surface area contributed by atoms with E-state index in [4.69, 9.17) is 11.5 Å². The van der Waals surface area contributed by atoms with Gasteiger partial charge in [0.05, 0.1) is 0 Å². The molecule has 0 spiro atoms. The van der Waals surface area contributed by atoms with Gasteiger partial charge in [0.15, 0.2) is 0 Å². The van der Waals surface area contributed by atoms with Crippen molar-refractivity contribution in [1.29, 1.82) is 0 Å². The Balaban J connectivity index is 0.00000289. The maximum Gasteiger partial charge on any atom is 0.243 e. The van der Waals surface area contributed by atoms with Crippen LogP contribution in [0.25, 0.3) is 0 Å². The molecule has 1 rings (SSSR count). The summed E-state index contributed by atoms with van der Waals surface area (Å²) in [6, 6.07) is -0.00312. The molecule has 106 valence electrons. The zero-order chi connectivity index (χ0) is 12.9. The van der Waals surface area contributed by atoms with Crippen LogP contribution in [0.15, 0.2) is 0 Å². The van der Waals surface area contributed by atoms with E-state index in [1.807, 2.05) is 6.92 Å². The summed E-state index contributed by atoms with van der Waals surface area (Å²) in [5, 5.41) is 2.82. The summed E-state index contributed by atoms with van der Waals surface area (Å²) in [6.07, 6.45) is 5.28. The number of carbonyl (C=O) groups is 2. The number of hydrogen-bond donors (Lipinski definition) is 3. The van der Waals surface area contributed by atoms with Crippen LogP contribution in [0, 0.1) is 0 Å². The number of amides is 2. The predicted molar refractivity (Wildman–Crippen MR) is 73.3 cm³/mol. The third kappa shape index (κ3) is 4.82. The fourth-order valence-electron chi connectivity index (χ4n) is 2.28. The van der Waals surface area contributed by atoms with Crippen molar-refractivity contribution in [3.05, 3.63) is 0 Å². The van der Waals surface area contributed by atoms with Crippen LogP contribution in [-0.2, 0) is 9.59 Å². The summed E-state index contributed by atoms with van der Waals surface area (Å²) < 4.78 is 0. The minimum absolute atomic E-state index is 0. The topological polar surface area (TPSA) is 98.2 Å². The van der Waals surface area contributed by atoms with Crippen molar-refractivity contribution in [3.63, 3.8) is 0 Å². The predicted octanol–water partition coefficient (Wildman–Crippen LogP) is 0.840. The quantitative estimate of drug-likeness (QED) is 0.694. The van der Waals surface area contributed by atoms with Crippen molar-refractivity contribution in [2.24, 2.45) is 11.5 Å². The van der Waals surface area contributed by atoms with Crippen molar-refractivity contribution in [1.82, 2.24) is 5.32 Å². The van der Waals surface area contributed by atoms with Crippen molar-refractivity contribution in [2.45, 2.75) is 63.5 Å². The van der Waals surface area contributed by atoms with Crippen LogP contribution in [-0.4, -0.2) is 23.4 Å². The lowest BCUT2D eigenvalue weighted by atomic mass is 9.81. The van der Waals surface area contributed by atoms with Crippen LogP contribution in [0.4, 0.5) is 0 Å². The molecule has 5 nitrogen and oxygen atoms in total. The van der Waals surface area contributed by atoms with Crippen LogP contribution >= 0.6 is 12.4 Å². The molecule has 0 heterocycles. The number of hydrogen-bond acceptors (Lipinski definition) is 3. The van der Waals surface area contributed by atoms with Crippen LogP contribution in [0.2, 0.25) is 0 Å². The van der Waals surface area contributed by atoms with Crippen molar-refractivity contribution in [3.8, 4) is 0 Å². The van der Waals surface area contributed by atoms with Gasteiger partial charge < -0.3 is 16.8 Å². The Kier molecular flexibility index (Phi) is 7.25. The normalized spacial score (nSPS) is 19.4. The molecule has 5 N–H and O–H groups in total. The lowest BCUT2D eigenvalue weighted by molar-refractivity contribution is -0.133. The van der Waals surface area contributed by atoms with Crippen molar-refractivity contribution in [2.75, 3.05) is 0 Å². The molecule has 6 heteroatoms. The minimum atomic E-state index is -0.812. The molecule has 1 unspecified atom stereocenters. The van der Waals surface area contributed by atoms with E-state index >= 15 is 0 Å². The fraction of sp³-hybridized carbons (Fsp3) is 0.833. The standard InChI is InChI=1S/C12H23N3O2.ClH/c1-9(13)5-6-10(16)15-12(11(14)17)7-3-2-4-8-12;/h9H,2-8,13H2,1H3,(H2,14,17)(H,15,16);1H. The van der Waals surface area contributed by atoms with Crippen LogP contribution in [0.3, 0.4) is 0 Å². The summed E-state index contributed by atoms with van der Waals surface area (Å²) in [4.78, 5) is 23.3. The van der Waals surface area contributed by atoms with Gasteiger partial charge in [-0.15, -0.1) is 12.4 Å². The molecule has 0 aromatic heterocycles. The highest BCUT2D eigenvalue weighted by Gasteiger charge is 2.38. The smallest absolute Gasteiger partial charge is 0.243 e. The van der Waals surface area contributed by atoms with Gasteiger partial charge in [-0.1, -0.05) is 19.3 Å². The van der Waals surface area contributed by atoms with Gasteiger partial charge in [-0.25, -0.2) is 0 Å². The van der Waals surface area contributed by atoms with Gasteiger partial charge in [0.25, 0.3) is 0 Å². The summed E-state index contributed by atoms with van der Waals surface area (Å²) in [5.41, 5.74) is 10.2. The number of nitrogens with one attached hydrogen (secondary N) is 1. The molecule has 0 aromatic carbocycles. The van der Waals surface area contributed by atoms with Crippen LogP contribution < -0.4 is 16.8 Å². The third-order valence-corrected chi connectivity index (χ3v) is 3.38. The van der Waals surface area contributed by atoms with Crippen LogP contribution in [0.1, 0.15) is 51.9 Å². The molecule has 0 aliphatic heterocycles.